The van der Waals surface area contributed by atoms with Gasteiger partial charge in [-0.15, -0.1) is 0 Å². The Labute approximate surface area is 83.2 Å². The van der Waals surface area contributed by atoms with E-state index in [9.17, 15) is 4.79 Å². The van der Waals surface area contributed by atoms with Crippen LogP contribution in [0.1, 0.15) is 12.1 Å². The Kier molecular flexibility index (Phi) is 4.07. The lowest BCUT2D eigenvalue weighted by atomic mass is 10.3. The highest BCUT2D eigenvalue weighted by atomic mass is 16.3. The van der Waals surface area contributed by atoms with Crippen molar-refractivity contribution in [3.8, 4) is 0 Å². The van der Waals surface area contributed by atoms with E-state index < -0.39 is 0 Å². The number of nitrogens with zero attached hydrogens (tertiary/aromatic N) is 2. The van der Waals surface area contributed by atoms with Gasteiger partial charge in [0.2, 0.25) is 5.91 Å². The van der Waals surface area contributed by atoms with Crippen molar-refractivity contribution in [2.75, 3.05) is 13.7 Å². The standard InChI is InChI=1S/C10H14N2O2/c1-12(10(14)5-7-13)8-9-4-2-3-6-11-9/h2-4,6,13H,5,7-8H2,1H3. The second kappa shape index (κ2) is 5.34. The van der Waals surface area contributed by atoms with Crippen molar-refractivity contribution >= 4 is 5.91 Å². The normalized spacial score (nSPS) is 9.86. The lowest BCUT2D eigenvalue weighted by molar-refractivity contribution is -0.131. The zero-order valence-electron chi connectivity index (χ0n) is 8.18. The molecule has 0 atom stereocenters. The first-order valence-electron chi connectivity index (χ1n) is 4.48. The summed E-state index contributed by atoms with van der Waals surface area (Å²) in [6, 6.07) is 5.58. The largest absolute Gasteiger partial charge is 0.396 e. The Morgan fingerprint density at radius 3 is 2.93 bits per heavy atom. The number of aromatic nitrogens is 1. The average molecular weight is 194 g/mol. The van der Waals surface area contributed by atoms with Crippen molar-refractivity contribution in [1.82, 2.24) is 9.88 Å². The lowest BCUT2D eigenvalue weighted by Gasteiger charge is -2.15. The van der Waals surface area contributed by atoms with E-state index in [1.807, 2.05) is 18.2 Å². The Balaban J connectivity index is 2.49. The van der Waals surface area contributed by atoms with Crippen molar-refractivity contribution < 1.29 is 9.90 Å². The first-order valence-corrected chi connectivity index (χ1v) is 4.48. The SMILES string of the molecule is CN(Cc1ccccn1)C(=O)CCO. The third-order valence-electron chi connectivity index (χ3n) is 1.88. The number of hydrogen-bond donors (Lipinski definition) is 1. The van der Waals surface area contributed by atoms with Gasteiger partial charge in [0.1, 0.15) is 0 Å². The van der Waals surface area contributed by atoms with Crippen molar-refractivity contribution in [2.24, 2.45) is 0 Å². The van der Waals surface area contributed by atoms with E-state index in [0.29, 0.717) is 6.54 Å². The zero-order chi connectivity index (χ0) is 10.4. The van der Waals surface area contributed by atoms with Crippen LogP contribution < -0.4 is 0 Å². The molecule has 1 rings (SSSR count). The topological polar surface area (TPSA) is 53.4 Å². The van der Waals surface area contributed by atoms with E-state index in [1.54, 1.807) is 18.1 Å². The molecule has 1 heterocycles. The van der Waals surface area contributed by atoms with Crippen LogP contribution in [0.25, 0.3) is 0 Å². The molecule has 1 N–H and O–H groups in total. The molecule has 0 saturated heterocycles. The number of aliphatic hydroxyl groups excluding tert-OH is 1. The van der Waals surface area contributed by atoms with Crippen LogP contribution in [0, 0.1) is 0 Å². The second-order valence-electron chi connectivity index (χ2n) is 3.04. The summed E-state index contributed by atoms with van der Waals surface area (Å²) < 4.78 is 0. The molecule has 1 aromatic heterocycles. The Morgan fingerprint density at radius 2 is 2.36 bits per heavy atom. The predicted molar refractivity (Wildman–Crippen MR) is 52.4 cm³/mol. The predicted octanol–water partition coefficient (Wildman–Crippen LogP) is 0.422. The summed E-state index contributed by atoms with van der Waals surface area (Å²) in [5.41, 5.74) is 0.848. The number of aliphatic hydroxyl groups is 1. The van der Waals surface area contributed by atoms with E-state index in [0.717, 1.165) is 5.69 Å². The van der Waals surface area contributed by atoms with Gasteiger partial charge in [-0.1, -0.05) is 6.07 Å². The first-order chi connectivity index (χ1) is 6.74. The van der Waals surface area contributed by atoms with E-state index in [1.165, 1.54) is 0 Å². The zero-order valence-corrected chi connectivity index (χ0v) is 8.18. The van der Waals surface area contributed by atoms with E-state index in [2.05, 4.69) is 4.98 Å². The van der Waals surface area contributed by atoms with Crippen LogP contribution in [0.5, 0.6) is 0 Å². The van der Waals surface area contributed by atoms with Gasteiger partial charge in [-0.05, 0) is 12.1 Å². The van der Waals surface area contributed by atoms with Gasteiger partial charge in [-0.3, -0.25) is 9.78 Å². The van der Waals surface area contributed by atoms with Crippen molar-refractivity contribution in [1.29, 1.82) is 0 Å². The molecule has 0 spiro atoms. The van der Waals surface area contributed by atoms with Gasteiger partial charge in [0.15, 0.2) is 0 Å². The maximum absolute atomic E-state index is 11.3. The highest BCUT2D eigenvalue weighted by Crippen LogP contribution is 2.00. The quantitative estimate of drug-likeness (QED) is 0.756. The molecule has 1 amide bonds. The Hall–Kier alpha value is -1.42. The number of carbonyl (C=O) groups excluding carboxylic acids is 1. The fourth-order valence-electron chi connectivity index (χ4n) is 1.11. The fraction of sp³-hybridized carbons (Fsp3) is 0.400. The van der Waals surface area contributed by atoms with Gasteiger partial charge < -0.3 is 10.0 Å². The number of pyridine rings is 1. The summed E-state index contributed by atoms with van der Waals surface area (Å²) >= 11 is 0. The molecule has 14 heavy (non-hydrogen) atoms. The molecular formula is C10H14N2O2. The van der Waals surface area contributed by atoms with Crippen LogP contribution in [-0.2, 0) is 11.3 Å². The molecule has 0 bridgehead atoms. The van der Waals surface area contributed by atoms with Gasteiger partial charge in [0.25, 0.3) is 0 Å². The summed E-state index contributed by atoms with van der Waals surface area (Å²) in [6.45, 7) is 0.380. The van der Waals surface area contributed by atoms with Crippen LogP contribution in [0.3, 0.4) is 0 Å². The van der Waals surface area contributed by atoms with Crippen LogP contribution in [0.2, 0.25) is 0 Å². The number of hydrogen-bond acceptors (Lipinski definition) is 3. The molecule has 76 valence electrons. The Bertz CT molecular complexity index is 287. The third kappa shape index (κ3) is 3.14. The minimum Gasteiger partial charge on any atom is -0.396 e. The van der Waals surface area contributed by atoms with Crippen LogP contribution in [-0.4, -0.2) is 34.6 Å². The number of amides is 1. The average Bonchev–Trinajstić information content (AvgIpc) is 2.19. The number of carbonyl (C=O) groups is 1. The second-order valence-corrected chi connectivity index (χ2v) is 3.04. The van der Waals surface area contributed by atoms with Crippen LogP contribution in [0.4, 0.5) is 0 Å². The first kappa shape index (κ1) is 10.7. The van der Waals surface area contributed by atoms with Crippen molar-refractivity contribution in [2.45, 2.75) is 13.0 Å². The molecule has 0 aromatic carbocycles. The minimum atomic E-state index is -0.106. The highest BCUT2D eigenvalue weighted by Gasteiger charge is 2.08. The summed E-state index contributed by atoms with van der Waals surface area (Å²) in [7, 11) is 1.70. The van der Waals surface area contributed by atoms with Gasteiger partial charge in [-0.2, -0.15) is 0 Å². The molecule has 0 unspecified atom stereocenters. The summed E-state index contributed by atoms with van der Waals surface area (Å²) in [6.07, 6.45) is 1.86. The molecule has 4 heteroatoms. The highest BCUT2D eigenvalue weighted by molar-refractivity contribution is 5.75. The Morgan fingerprint density at radius 1 is 1.57 bits per heavy atom. The molecular weight excluding hydrogens is 180 g/mol. The van der Waals surface area contributed by atoms with Gasteiger partial charge in [-0.25, -0.2) is 0 Å². The van der Waals surface area contributed by atoms with Gasteiger partial charge in [0.05, 0.1) is 18.8 Å². The smallest absolute Gasteiger partial charge is 0.224 e. The fourth-order valence-corrected chi connectivity index (χ4v) is 1.11. The molecule has 0 radical (unpaired) electrons. The summed E-state index contributed by atoms with van der Waals surface area (Å²) in [4.78, 5) is 16.9. The summed E-state index contributed by atoms with van der Waals surface area (Å²) in [5, 5.41) is 8.59. The molecule has 0 aliphatic heterocycles. The van der Waals surface area contributed by atoms with E-state index >= 15 is 0 Å². The van der Waals surface area contributed by atoms with Gasteiger partial charge in [0, 0.05) is 19.7 Å². The maximum atomic E-state index is 11.3. The van der Waals surface area contributed by atoms with Crippen molar-refractivity contribution in [3.05, 3.63) is 30.1 Å². The lowest BCUT2D eigenvalue weighted by Crippen LogP contribution is -2.27. The van der Waals surface area contributed by atoms with Gasteiger partial charge >= 0.3 is 0 Å². The van der Waals surface area contributed by atoms with Crippen molar-refractivity contribution in [3.63, 3.8) is 0 Å². The van der Waals surface area contributed by atoms with Crippen LogP contribution >= 0.6 is 0 Å². The summed E-state index contributed by atoms with van der Waals surface area (Å²) in [5.74, 6) is -0.0712. The monoisotopic (exact) mass is 194 g/mol. The third-order valence-corrected chi connectivity index (χ3v) is 1.88. The number of rotatable bonds is 4. The molecule has 1 aromatic rings. The molecule has 0 saturated carbocycles. The molecule has 0 aliphatic rings. The molecule has 4 nitrogen and oxygen atoms in total. The van der Waals surface area contributed by atoms with Crippen LogP contribution in [0.15, 0.2) is 24.4 Å². The molecule has 0 fully saturated rings. The van der Waals surface area contributed by atoms with E-state index in [4.69, 9.17) is 5.11 Å². The maximum Gasteiger partial charge on any atom is 0.224 e. The molecule has 0 aliphatic carbocycles. The van der Waals surface area contributed by atoms with E-state index in [-0.39, 0.29) is 18.9 Å². The minimum absolute atomic E-state index is 0.0712.